The second-order valence-corrected chi connectivity index (χ2v) is 7.49. The van der Waals surface area contributed by atoms with Crippen molar-refractivity contribution in [2.75, 3.05) is 24.5 Å². The summed E-state index contributed by atoms with van der Waals surface area (Å²) in [6.07, 6.45) is 3.21. The van der Waals surface area contributed by atoms with Gasteiger partial charge in [-0.25, -0.2) is 4.79 Å². The molecule has 28 heavy (non-hydrogen) atoms. The molecule has 5 rings (SSSR count). The lowest BCUT2D eigenvalue weighted by molar-refractivity contribution is -0.129. The second kappa shape index (κ2) is 6.45. The maximum absolute atomic E-state index is 13.2. The SMILES string of the molecule is O=C(ON1CC[C@]2(CCN(c3ccc4[nH]ncc4c3)C2=O)C1)c1ccccc1. The standard InChI is InChI=1S/C21H20N4O3/c26-19(15-4-2-1-3-5-15)28-24-10-8-21(14-24)9-11-25(20(21)27)17-6-7-18-16(12-17)13-22-23-18/h1-7,12-13H,8-11,14H2,(H,22,23)/t21-/m0/s1. The molecule has 2 aromatic carbocycles. The lowest BCUT2D eigenvalue weighted by Gasteiger charge is -2.23. The van der Waals surface area contributed by atoms with Crippen LogP contribution in [0.3, 0.4) is 0 Å². The van der Waals surface area contributed by atoms with Gasteiger partial charge < -0.3 is 9.74 Å². The van der Waals surface area contributed by atoms with Gasteiger partial charge in [0.05, 0.1) is 22.7 Å². The van der Waals surface area contributed by atoms with Gasteiger partial charge in [0.25, 0.3) is 0 Å². The molecule has 0 unspecified atom stereocenters. The van der Waals surface area contributed by atoms with Gasteiger partial charge in [0.15, 0.2) is 0 Å². The number of nitrogens with one attached hydrogen (secondary N) is 1. The van der Waals surface area contributed by atoms with Crippen LogP contribution in [0.2, 0.25) is 0 Å². The zero-order chi connectivity index (χ0) is 19.1. The molecule has 0 aliphatic carbocycles. The van der Waals surface area contributed by atoms with Crippen LogP contribution in [0.15, 0.2) is 54.7 Å². The van der Waals surface area contributed by atoms with E-state index in [1.165, 1.54) is 0 Å². The number of anilines is 1. The van der Waals surface area contributed by atoms with Crippen molar-refractivity contribution in [2.24, 2.45) is 5.41 Å². The average Bonchev–Trinajstić information content (AvgIpc) is 3.43. The van der Waals surface area contributed by atoms with Gasteiger partial charge in [0.2, 0.25) is 5.91 Å². The fourth-order valence-corrected chi connectivity index (χ4v) is 4.20. The van der Waals surface area contributed by atoms with Crippen LogP contribution < -0.4 is 4.90 Å². The summed E-state index contributed by atoms with van der Waals surface area (Å²) in [6, 6.07) is 14.8. The topological polar surface area (TPSA) is 78.5 Å². The van der Waals surface area contributed by atoms with Crippen molar-refractivity contribution in [3.05, 3.63) is 60.3 Å². The molecule has 142 valence electrons. The summed E-state index contributed by atoms with van der Waals surface area (Å²) in [7, 11) is 0. The van der Waals surface area contributed by atoms with Crippen molar-refractivity contribution >= 4 is 28.5 Å². The molecule has 0 bridgehead atoms. The number of H-pyrrole nitrogens is 1. The fourth-order valence-electron chi connectivity index (χ4n) is 4.20. The molecule has 2 fully saturated rings. The van der Waals surface area contributed by atoms with E-state index in [1.807, 2.05) is 29.2 Å². The largest absolute Gasteiger partial charge is 0.364 e. The van der Waals surface area contributed by atoms with Gasteiger partial charge in [0, 0.05) is 30.7 Å². The minimum atomic E-state index is -0.484. The van der Waals surface area contributed by atoms with E-state index in [4.69, 9.17) is 4.84 Å². The number of hydrogen-bond donors (Lipinski definition) is 1. The molecule has 1 spiro atoms. The molecule has 0 radical (unpaired) electrons. The summed E-state index contributed by atoms with van der Waals surface area (Å²) in [6.45, 7) is 1.68. The van der Waals surface area contributed by atoms with E-state index in [1.54, 1.807) is 35.5 Å². The van der Waals surface area contributed by atoms with Crippen molar-refractivity contribution in [3.63, 3.8) is 0 Å². The first-order valence-corrected chi connectivity index (χ1v) is 9.42. The highest BCUT2D eigenvalue weighted by atomic mass is 16.7. The first-order valence-electron chi connectivity index (χ1n) is 9.42. The number of amides is 1. The highest BCUT2D eigenvalue weighted by Gasteiger charge is 2.52. The molecule has 1 aromatic heterocycles. The van der Waals surface area contributed by atoms with Crippen LogP contribution in [0.25, 0.3) is 10.9 Å². The van der Waals surface area contributed by atoms with Gasteiger partial charge in [-0.2, -0.15) is 5.10 Å². The first kappa shape index (κ1) is 16.9. The lowest BCUT2D eigenvalue weighted by atomic mass is 9.86. The number of carbonyl (C=O) groups excluding carboxylic acids is 2. The number of aromatic nitrogens is 2. The highest BCUT2D eigenvalue weighted by molar-refractivity contribution is 6.01. The van der Waals surface area contributed by atoms with E-state index in [0.717, 1.165) is 23.0 Å². The Bertz CT molecular complexity index is 1050. The number of hydrogen-bond acceptors (Lipinski definition) is 5. The molecule has 2 aliphatic rings. The Morgan fingerprint density at radius 1 is 1.11 bits per heavy atom. The molecule has 7 heteroatoms. The third-order valence-corrected chi connectivity index (χ3v) is 5.79. The summed E-state index contributed by atoms with van der Waals surface area (Å²) in [4.78, 5) is 32.9. The Hall–Kier alpha value is -3.19. The van der Waals surface area contributed by atoms with Crippen molar-refractivity contribution in [1.29, 1.82) is 0 Å². The molecule has 3 heterocycles. The predicted octanol–water partition coefficient (Wildman–Crippen LogP) is 2.76. The van der Waals surface area contributed by atoms with E-state index in [-0.39, 0.29) is 11.9 Å². The van der Waals surface area contributed by atoms with Gasteiger partial charge in [-0.15, -0.1) is 5.06 Å². The third kappa shape index (κ3) is 2.75. The molecule has 0 saturated carbocycles. The van der Waals surface area contributed by atoms with Crippen LogP contribution in [0.5, 0.6) is 0 Å². The lowest BCUT2D eigenvalue weighted by Crippen LogP contribution is -2.37. The van der Waals surface area contributed by atoms with Gasteiger partial charge in [-0.05, 0) is 43.2 Å². The van der Waals surface area contributed by atoms with Crippen molar-refractivity contribution < 1.29 is 14.4 Å². The van der Waals surface area contributed by atoms with Crippen LogP contribution in [-0.4, -0.2) is 46.8 Å². The Morgan fingerprint density at radius 3 is 2.79 bits per heavy atom. The smallest absolute Gasteiger partial charge is 0.357 e. The molecule has 3 aromatic rings. The number of hydroxylamine groups is 2. The molecule has 2 aliphatic heterocycles. The Balaban J connectivity index is 1.30. The van der Waals surface area contributed by atoms with Gasteiger partial charge in [0.1, 0.15) is 0 Å². The number of nitrogens with zero attached hydrogens (tertiary/aromatic N) is 3. The van der Waals surface area contributed by atoms with E-state index in [9.17, 15) is 9.59 Å². The zero-order valence-electron chi connectivity index (χ0n) is 15.3. The minimum absolute atomic E-state index is 0.105. The van der Waals surface area contributed by atoms with E-state index >= 15 is 0 Å². The van der Waals surface area contributed by atoms with Gasteiger partial charge in [-0.1, -0.05) is 18.2 Å². The monoisotopic (exact) mass is 376 g/mol. The molecule has 1 N–H and O–H groups in total. The van der Waals surface area contributed by atoms with Gasteiger partial charge >= 0.3 is 5.97 Å². The van der Waals surface area contributed by atoms with Crippen LogP contribution in [0.1, 0.15) is 23.2 Å². The molecule has 1 atom stereocenters. The number of aromatic amines is 1. The summed E-state index contributed by atoms with van der Waals surface area (Å²) in [5.41, 5.74) is 1.86. The van der Waals surface area contributed by atoms with Crippen LogP contribution >= 0.6 is 0 Å². The summed E-state index contributed by atoms with van der Waals surface area (Å²) in [5, 5.41) is 9.58. The fraction of sp³-hybridized carbons (Fsp3) is 0.286. The Labute approximate surface area is 161 Å². The summed E-state index contributed by atoms with van der Waals surface area (Å²) >= 11 is 0. The van der Waals surface area contributed by atoms with Crippen molar-refractivity contribution in [1.82, 2.24) is 15.3 Å². The van der Waals surface area contributed by atoms with Crippen LogP contribution in [0, 0.1) is 5.41 Å². The van der Waals surface area contributed by atoms with Crippen LogP contribution in [-0.2, 0) is 9.63 Å². The highest BCUT2D eigenvalue weighted by Crippen LogP contribution is 2.42. The van der Waals surface area contributed by atoms with E-state index in [2.05, 4.69) is 10.2 Å². The molecular weight excluding hydrogens is 356 g/mol. The third-order valence-electron chi connectivity index (χ3n) is 5.79. The maximum Gasteiger partial charge on any atom is 0.357 e. The van der Waals surface area contributed by atoms with Crippen molar-refractivity contribution in [3.8, 4) is 0 Å². The Kier molecular flexibility index (Phi) is 3.91. The Morgan fingerprint density at radius 2 is 1.93 bits per heavy atom. The molecule has 2 saturated heterocycles. The molecule has 7 nitrogen and oxygen atoms in total. The van der Waals surface area contributed by atoms with Gasteiger partial charge in [-0.3, -0.25) is 9.89 Å². The first-order chi connectivity index (χ1) is 13.6. The normalized spacial score (nSPS) is 22.4. The quantitative estimate of drug-likeness (QED) is 0.760. The summed E-state index contributed by atoms with van der Waals surface area (Å²) in [5.74, 6) is -0.279. The van der Waals surface area contributed by atoms with E-state index in [0.29, 0.717) is 31.6 Å². The van der Waals surface area contributed by atoms with Crippen LogP contribution in [0.4, 0.5) is 5.69 Å². The average molecular weight is 376 g/mol. The molecule has 1 amide bonds. The number of fused-ring (bicyclic) bond motifs is 1. The number of benzene rings is 2. The van der Waals surface area contributed by atoms with Crippen molar-refractivity contribution in [2.45, 2.75) is 12.8 Å². The number of rotatable bonds is 3. The minimum Gasteiger partial charge on any atom is -0.364 e. The predicted molar refractivity (Wildman–Crippen MR) is 104 cm³/mol. The second-order valence-electron chi connectivity index (χ2n) is 7.49. The molecular formula is C21H20N4O3. The zero-order valence-corrected chi connectivity index (χ0v) is 15.3. The maximum atomic E-state index is 13.2. The number of carbonyl (C=O) groups is 2. The summed E-state index contributed by atoms with van der Waals surface area (Å²) < 4.78 is 0. The van der Waals surface area contributed by atoms with E-state index < -0.39 is 5.41 Å².